The lowest BCUT2D eigenvalue weighted by molar-refractivity contribution is 0.418. The summed E-state index contributed by atoms with van der Waals surface area (Å²) in [7, 11) is 3.93. The fraction of sp³-hybridized carbons (Fsp3) is 0.467. The molecule has 110 valence electrons. The van der Waals surface area contributed by atoms with Gasteiger partial charge in [0.25, 0.3) is 0 Å². The van der Waals surface area contributed by atoms with Crippen molar-refractivity contribution in [1.29, 1.82) is 0 Å². The second-order valence-corrected chi connectivity index (χ2v) is 5.62. The lowest BCUT2D eigenvalue weighted by Crippen LogP contribution is -2.40. The first-order chi connectivity index (χ1) is 9.61. The van der Waals surface area contributed by atoms with Gasteiger partial charge in [0.05, 0.1) is 6.04 Å². The van der Waals surface area contributed by atoms with Crippen molar-refractivity contribution >= 4 is 11.6 Å². The van der Waals surface area contributed by atoms with Gasteiger partial charge in [0.15, 0.2) is 0 Å². The van der Waals surface area contributed by atoms with Gasteiger partial charge in [-0.2, -0.15) is 0 Å². The van der Waals surface area contributed by atoms with E-state index in [0.29, 0.717) is 0 Å². The highest BCUT2D eigenvalue weighted by molar-refractivity contribution is 6.22. The number of rotatable bonds is 4. The predicted octanol–water partition coefficient (Wildman–Crippen LogP) is 1.51. The van der Waals surface area contributed by atoms with Gasteiger partial charge in [-0.25, -0.2) is 0 Å². The molecule has 0 aromatic heterocycles. The Labute approximate surface area is 126 Å². The topological polar surface area (TPSA) is 39.3 Å². The number of hydrogen-bond donors (Lipinski definition) is 3. The minimum Gasteiger partial charge on any atom is -0.387 e. The molecular weight excluding hydrogens is 272 g/mol. The van der Waals surface area contributed by atoms with Crippen LogP contribution in [-0.4, -0.2) is 43.6 Å². The summed E-state index contributed by atoms with van der Waals surface area (Å²) >= 11 is 6.44. The van der Waals surface area contributed by atoms with Gasteiger partial charge < -0.3 is 20.9 Å². The Morgan fingerprint density at radius 1 is 1.55 bits per heavy atom. The average Bonchev–Trinajstić information content (AvgIpc) is 2.44. The van der Waals surface area contributed by atoms with Crippen molar-refractivity contribution in [3.63, 3.8) is 0 Å². The minimum atomic E-state index is -0.120. The van der Waals surface area contributed by atoms with E-state index < -0.39 is 0 Å². The third kappa shape index (κ3) is 3.58. The van der Waals surface area contributed by atoms with E-state index in [9.17, 15) is 0 Å². The number of likely N-dealkylation sites (N-methyl/N-ethyl adjacent to an activating group) is 2. The molecule has 0 radical (unpaired) electrons. The summed E-state index contributed by atoms with van der Waals surface area (Å²) in [6, 6.07) is 0.182. The van der Waals surface area contributed by atoms with Crippen LogP contribution in [0.2, 0.25) is 0 Å². The Kier molecular flexibility index (Phi) is 5.15. The van der Waals surface area contributed by atoms with Crippen LogP contribution in [-0.2, 0) is 0 Å². The number of halogens is 1. The van der Waals surface area contributed by atoms with Crippen molar-refractivity contribution in [1.82, 2.24) is 20.9 Å². The van der Waals surface area contributed by atoms with Crippen LogP contribution >= 0.6 is 11.6 Å². The highest BCUT2D eigenvalue weighted by Crippen LogP contribution is 2.22. The molecule has 5 heteroatoms. The summed E-state index contributed by atoms with van der Waals surface area (Å²) < 4.78 is 0. The van der Waals surface area contributed by atoms with Crippen molar-refractivity contribution in [2.75, 3.05) is 27.2 Å². The Morgan fingerprint density at radius 3 is 3.05 bits per heavy atom. The highest BCUT2D eigenvalue weighted by Gasteiger charge is 2.24. The minimum absolute atomic E-state index is 0.120. The van der Waals surface area contributed by atoms with E-state index in [1.807, 2.05) is 37.6 Å². The Bertz CT molecular complexity index is 464. The van der Waals surface area contributed by atoms with Gasteiger partial charge in [-0.05, 0) is 43.6 Å². The van der Waals surface area contributed by atoms with E-state index in [0.717, 1.165) is 18.7 Å². The molecule has 0 fully saturated rings. The van der Waals surface area contributed by atoms with Crippen molar-refractivity contribution < 1.29 is 0 Å². The third-order valence-electron chi connectivity index (χ3n) is 3.50. The first-order valence-corrected chi connectivity index (χ1v) is 7.30. The van der Waals surface area contributed by atoms with Crippen LogP contribution in [0.5, 0.6) is 0 Å². The SMILES string of the molecule is CNC1C=CN(C)C(Cl)/C1=C/NCC1=CC(C)=CNC1. The zero-order chi connectivity index (χ0) is 14.5. The molecule has 0 amide bonds. The molecule has 0 bridgehead atoms. The molecule has 0 saturated carbocycles. The molecule has 2 aliphatic rings. The molecule has 20 heavy (non-hydrogen) atoms. The Balaban J connectivity index is 1.99. The summed E-state index contributed by atoms with van der Waals surface area (Å²) in [5.41, 5.74) is 3.61. The van der Waals surface area contributed by atoms with E-state index in [4.69, 9.17) is 11.6 Å². The van der Waals surface area contributed by atoms with Crippen LogP contribution in [0.25, 0.3) is 0 Å². The predicted molar refractivity (Wildman–Crippen MR) is 85.3 cm³/mol. The number of alkyl halides is 1. The van der Waals surface area contributed by atoms with Crippen molar-refractivity contribution in [2.24, 2.45) is 0 Å². The second-order valence-electron chi connectivity index (χ2n) is 5.21. The monoisotopic (exact) mass is 294 g/mol. The van der Waals surface area contributed by atoms with Crippen LogP contribution in [0, 0.1) is 0 Å². The van der Waals surface area contributed by atoms with E-state index in [1.165, 1.54) is 11.1 Å². The number of nitrogens with one attached hydrogen (secondary N) is 3. The first-order valence-electron chi connectivity index (χ1n) is 6.86. The number of dihydropyridines is 1. The maximum Gasteiger partial charge on any atom is 0.128 e. The Morgan fingerprint density at radius 2 is 2.35 bits per heavy atom. The molecule has 0 spiro atoms. The number of hydrogen-bond acceptors (Lipinski definition) is 4. The molecule has 0 saturated heterocycles. The quantitative estimate of drug-likeness (QED) is 0.543. The second kappa shape index (κ2) is 6.86. The van der Waals surface area contributed by atoms with Gasteiger partial charge in [0.1, 0.15) is 5.50 Å². The van der Waals surface area contributed by atoms with E-state index in [-0.39, 0.29) is 11.5 Å². The zero-order valence-electron chi connectivity index (χ0n) is 12.3. The van der Waals surface area contributed by atoms with Crippen LogP contribution in [0.15, 0.2) is 47.5 Å². The van der Waals surface area contributed by atoms with Gasteiger partial charge in [-0.15, -0.1) is 0 Å². The molecule has 2 aliphatic heterocycles. The molecule has 3 N–H and O–H groups in total. The summed E-state index contributed by atoms with van der Waals surface area (Å²) in [6.45, 7) is 3.82. The van der Waals surface area contributed by atoms with E-state index >= 15 is 0 Å². The summed E-state index contributed by atoms with van der Waals surface area (Å²) in [4.78, 5) is 2.00. The van der Waals surface area contributed by atoms with Crippen LogP contribution < -0.4 is 16.0 Å². The van der Waals surface area contributed by atoms with Crippen molar-refractivity contribution in [2.45, 2.75) is 18.5 Å². The molecule has 0 aromatic carbocycles. The molecule has 2 rings (SSSR count). The molecule has 2 unspecified atom stereocenters. The molecule has 0 aliphatic carbocycles. The number of allylic oxidation sites excluding steroid dienone is 2. The highest BCUT2D eigenvalue weighted by atomic mass is 35.5. The maximum atomic E-state index is 6.44. The van der Waals surface area contributed by atoms with E-state index in [2.05, 4.69) is 35.0 Å². The summed E-state index contributed by atoms with van der Waals surface area (Å²) in [5, 5.41) is 9.90. The largest absolute Gasteiger partial charge is 0.387 e. The van der Waals surface area contributed by atoms with Crippen LogP contribution in [0.1, 0.15) is 6.92 Å². The molecule has 0 aromatic rings. The van der Waals surface area contributed by atoms with Crippen molar-refractivity contribution in [3.8, 4) is 0 Å². The molecule has 2 heterocycles. The molecule has 2 atom stereocenters. The van der Waals surface area contributed by atoms with Crippen LogP contribution in [0.3, 0.4) is 0 Å². The normalized spacial score (nSPS) is 28.0. The first kappa shape index (κ1) is 15.0. The van der Waals surface area contributed by atoms with Gasteiger partial charge in [0.2, 0.25) is 0 Å². The summed E-state index contributed by atoms with van der Waals surface area (Å²) in [6.07, 6.45) is 10.4. The standard InChI is InChI=1S/C15H23ClN4/c1-11-6-12(8-18-7-11)9-19-10-13-14(17-2)4-5-20(3)15(13)16/h4-7,10,14-15,17-19H,8-9H2,1-3H3/b13-10+. The number of nitrogens with zero attached hydrogens (tertiary/aromatic N) is 1. The maximum absolute atomic E-state index is 6.44. The summed E-state index contributed by atoms with van der Waals surface area (Å²) in [5.74, 6) is 0. The molecular formula is C15H23ClN4. The van der Waals surface area contributed by atoms with Crippen LogP contribution in [0.4, 0.5) is 0 Å². The van der Waals surface area contributed by atoms with Gasteiger partial charge in [-0.3, -0.25) is 0 Å². The smallest absolute Gasteiger partial charge is 0.128 e. The van der Waals surface area contributed by atoms with Gasteiger partial charge in [0, 0.05) is 31.9 Å². The fourth-order valence-electron chi connectivity index (χ4n) is 2.38. The molecule has 4 nitrogen and oxygen atoms in total. The van der Waals surface area contributed by atoms with E-state index in [1.54, 1.807) is 0 Å². The zero-order valence-corrected chi connectivity index (χ0v) is 13.0. The average molecular weight is 295 g/mol. The van der Waals surface area contributed by atoms with Crippen molar-refractivity contribution in [3.05, 3.63) is 47.5 Å². The van der Waals surface area contributed by atoms with Gasteiger partial charge >= 0.3 is 0 Å². The third-order valence-corrected chi connectivity index (χ3v) is 4.06. The fourth-order valence-corrected chi connectivity index (χ4v) is 2.65. The lowest BCUT2D eigenvalue weighted by atomic mass is 10.0. The van der Waals surface area contributed by atoms with Gasteiger partial charge in [-0.1, -0.05) is 17.7 Å². The Hall–Kier alpha value is -1.39. The lowest BCUT2D eigenvalue weighted by Gasteiger charge is -2.32.